The fourth-order valence-electron chi connectivity index (χ4n) is 4.03. The number of likely N-dealkylation sites (N-methyl/N-ethyl adjacent to an activating group) is 1. The van der Waals surface area contributed by atoms with E-state index in [9.17, 15) is 9.59 Å². The van der Waals surface area contributed by atoms with Crippen molar-refractivity contribution in [3.05, 3.63) is 47.8 Å². The van der Waals surface area contributed by atoms with E-state index >= 15 is 0 Å². The smallest absolute Gasteiger partial charge is 0.269 e. The van der Waals surface area contributed by atoms with Gasteiger partial charge in [0.1, 0.15) is 11.5 Å². The van der Waals surface area contributed by atoms with Crippen molar-refractivity contribution in [3.8, 4) is 0 Å². The first-order valence-electron chi connectivity index (χ1n) is 14.5. The van der Waals surface area contributed by atoms with Crippen LogP contribution in [0.5, 0.6) is 0 Å². The number of carbonyl (C=O) groups is 2. The van der Waals surface area contributed by atoms with Gasteiger partial charge in [-0.05, 0) is 63.8 Å². The van der Waals surface area contributed by atoms with E-state index < -0.39 is 6.10 Å². The molecule has 40 heavy (non-hydrogen) atoms. The van der Waals surface area contributed by atoms with Crippen molar-refractivity contribution < 1.29 is 14.3 Å². The van der Waals surface area contributed by atoms with E-state index in [4.69, 9.17) is 4.74 Å². The van der Waals surface area contributed by atoms with Crippen LogP contribution in [0.2, 0.25) is 0 Å². The minimum atomic E-state index is -0.704. The largest absolute Gasteiger partial charge is 0.481 e. The number of carbonyl (C=O) groups excluding carboxylic acids is 2. The van der Waals surface area contributed by atoms with Crippen LogP contribution < -0.4 is 10.6 Å². The molecule has 2 atom stereocenters. The third kappa shape index (κ3) is 10.9. The summed E-state index contributed by atoms with van der Waals surface area (Å²) in [7, 11) is 3.28. The Morgan fingerprint density at radius 2 is 1.88 bits per heavy atom. The van der Waals surface area contributed by atoms with Crippen LogP contribution in [0.25, 0.3) is 5.76 Å². The molecule has 0 aromatic carbocycles. The van der Waals surface area contributed by atoms with E-state index in [1.807, 2.05) is 53.7 Å². The first-order chi connectivity index (χ1) is 19.2. The number of amides is 2. The molecule has 0 aliphatic carbocycles. The van der Waals surface area contributed by atoms with Crippen molar-refractivity contribution in [2.75, 3.05) is 33.7 Å². The highest BCUT2D eigenvalue weighted by molar-refractivity contribution is 6.04. The first-order valence-corrected chi connectivity index (χ1v) is 14.5. The van der Waals surface area contributed by atoms with Crippen LogP contribution in [0.15, 0.2) is 41.0 Å². The molecule has 2 unspecified atom stereocenters. The Balaban J connectivity index is 0.00000742. The number of guanidine groups is 1. The van der Waals surface area contributed by atoms with Gasteiger partial charge in [-0.15, -0.1) is 0 Å². The zero-order chi connectivity index (χ0) is 30.7. The molecule has 0 bridgehead atoms. The van der Waals surface area contributed by atoms with Crippen LogP contribution in [0.4, 0.5) is 0 Å². The van der Waals surface area contributed by atoms with Crippen LogP contribution in [-0.2, 0) is 16.0 Å². The molecule has 9 nitrogen and oxygen atoms in total. The number of hydrogen-bond donors (Lipinski definition) is 2. The number of aliphatic imine (C=N–C) groups is 2. The lowest BCUT2D eigenvalue weighted by Gasteiger charge is -2.27. The van der Waals surface area contributed by atoms with Gasteiger partial charge in [-0.2, -0.15) is 0 Å². The zero-order valence-electron chi connectivity index (χ0n) is 26.4. The molecule has 0 fully saturated rings. The Kier molecular flexibility index (Phi) is 18.6. The second kappa shape index (κ2) is 20.4. The van der Waals surface area contributed by atoms with Crippen LogP contribution in [-0.4, -0.2) is 73.2 Å². The molecule has 9 heteroatoms. The lowest BCUT2D eigenvalue weighted by molar-refractivity contribution is -0.138. The maximum atomic E-state index is 13.4. The molecule has 1 rings (SSSR count). The van der Waals surface area contributed by atoms with Crippen molar-refractivity contribution >= 4 is 29.2 Å². The van der Waals surface area contributed by atoms with E-state index in [-0.39, 0.29) is 17.7 Å². The molecular weight excluding hydrogens is 504 g/mol. The second-order valence-corrected chi connectivity index (χ2v) is 8.78. The molecule has 1 aromatic rings. The molecule has 1 heterocycles. The predicted molar refractivity (Wildman–Crippen MR) is 168 cm³/mol. The number of nitrogens with one attached hydrogen (secondary N) is 2. The van der Waals surface area contributed by atoms with Gasteiger partial charge < -0.3 is 20.3 Å². The lowest BCUT2D eigenvalue weighted by Crippen LogP contribution is -2.40. The number of nitrogens with zero attached hydrogens (tertiary/aromatic N) is 4. The van der Waals surface area contributed by atoms with Crippen LogP contribution >= 0.6 is 0 Å². The normalized spacial score (nSPS) is 13.4. The fourth-order valence-corrected chi connectivity index (χ4v) is 4.03. The minimum absolute atomic E-state index is 0.0867. The molecule has 1 aromatic heterocycles. The number of aromatic nitrogens is 1. The highest BCUT2D eigenvalue weighted by Gasteiger charge is 2.25. The lowest BCUT2D eigenvalue weighted by atomic mass is 10.0. The Morgan fingerprint density at radius 1 is 1.20 bits per heavy atom. The molecule has 224 valence electrons. The van der Waals surface area contributed by atoms with Crippen molar-refractivity contribution in [2.24, 2.45) is 15.9 Å². The van der Waals surface area contributed by atoms with Gasteiger partial charge in [0.25, 0.3) is 11.8 Å². The molecule has 2 amide bonds. The summed E-state index contributed by atoms with van der Waals surface area (Å²) in [4.78, 5) is 40.6. The first kappa shape index (κ1) is 36.5. The second-order valence-electron chi connectivity index (χ2n) is 8.78. The summed E-state index contributed by atoms with van der Waals surface area (Å²) < 4.78 is 6.25. The van der Waals surface area contributed by atoms with E-state index in [2.05, 4.69) is 39.1 Å². The van der Waals surface area contributed by atoms with Gasteiger partial charge >= 0.3 is 0 Å². The summed E-state index contributed by atoms with van der Waals surface area (Å²) >= 11 is 0. The van der Waals surface area contributed by atoms with E-state index in [1.54, 1.807) is 38.2 Å². The number of rotatable bonds is 14. The van der Waals surface area contributed by atoms with Gasteiger partial charge in [0.2, 0.25) is 5.96 Å². The zero-order valence-corrected chi connectivity index (χ0v) is 26.4. The predicted octanol–water partition coefficient (Wildman–Crippen LogP) is 5.28. The summed E-state index contributed by atoms with van der Waals surface area (Å²) in [6, 6.07) is 1.83. The summed E-state index contributed by atoms with van der Waals surface area (Å²) in [5, 5.41) is 5.77. The molecule has 0 aliphatic rings. The van der Waals surface area contributed by atoms with Gasteiger partial charge in [0.15, 0.2) is 6.10 Å². The van der Waals surface area contributed by atoms with Gasteiger partial charge in [-0.3, -0.25) is 19.6 Å². The quantitative estimate of drug-likeness (QED) is 0.184. The van der Waals surface area contributed by atoms with Crippen LogP contribution in [0, 0.1) is 5.92 Å². The summed E-state index contributed by atoms with van der Waals surface area (Å²) in [5.41, 5.74) is 2.76. The van der Waals surface area contributed by atoms with Crippen molar-refractivity contribution in [2.45, 2.75) is 80.8 Å². The van der Waals surface area contributed by atoms with Crippen LogP contribution in [0.1, 0.15) is 89.8 Å². The van der Waals surface area contributed by atoms with E-state index in [0.717, 1.165) is 29.8 Å². The molecular formula is C31H52N6O3. The van der Waals surface area contributed by atoms with E-state index in [0.29, 0.717) is 43.3 Å². The third-order valence-corrected chi connectivity index (χ3v) is 6.18. The Morgan fingerprint density at radius 3 is 2.38 bits per heavy atom. The Bertz CT molecular complexity index is 1030. The SMILES string of the molecule is C=C/C(=N\C(=NC)NCC)C(C)CCN(CC)C(=O)C(C)O/C(=C/CC)c1ccnc(C(=O)NC)c1CC.CC. The molecule has 0 saturated carbocycles. The number of hydrogen-bond acceptors (Lipinski definition) is 5. The number of allylic oxidation sites excluding steroid dienone is 2. The van der Waals surface area contributed by atoms with Crippen molar-refractivity contribution in [1.82, 2.24) is 20.5 Å². The maximum Gasteiger partial charge on any atom is 0.269 e. The van der Waals surface area contributed by atoms with Gasteiger partial charge in [-0.1, -0.05) is 41.2 Å². The molecule has 2 N–H and O–H groups in total. The van der Waals surface area contributed by atoms with Gasteiger partial charge in [0.05, 0.1) is 0 Å². The molecule has 0 saturated heterocycles. The average Bonchev–Trinajstić information content (AvgIpc) is 2.98. The van der Waals surface area contributed by atoms with E-state index in [1.165, 1.54) is 0 Å². The maximum absolute atomic E-state index is 13.4. The van der Waals surface area contributed by atoms with Crippen molar-refractivity contribution in [1.29, 1.82) is 0 Å². The average molecular weight is 557 g/mol. The molecule has 0 aliphatic heterocycles. The fraction of sp³-hybridized carbons (Fsp3) is 0.581. The number of ether oxygens (including phenoxy) is 1. The van der Waals surface area contributed by atoms with Crippen molar-refractivity contribution in [3.63, 3.8) is 0 Å². The number of pyridine rings is 1. The molecule has 0 spiro atoms. The third-order valence-electron chi connectivity index (χ3n) is 6.18. The Labute approximate surface area is 242 Å². The highest BCUT2D eigenvalue weighted by atomic mass is 16.5. The van der Waals surface area contributed by atoms with Crippen LogP contribution in [0.3, 0.4) is 0 Å². The monoisotopic (exact) mass is 556 g/mol. The van der Waals surface area contributed by atoms with Gasteiger partial charge in [0, 0.05) is 57.1 Å². The summed E-state index contributed by atoms with van der Waals surface area (Å²) in [5.74, 6) is 0.889. The summed E-state index contributed by atoms with van der Waals surface area (Å²) in [6.07, 6.45) is 6.61. The Hall–Kier alpha value is -3.49. The highest BCUT2D eigenvalue weighted by Crippen LogP contribution is 2.25. The minimum Gasteiger partial charge on any atom is -0.481 e. The summed E-state index contributed by atoms with van der Waals surface area (Å²) in [6.45, 7) is 21.5. The van der Waals surface area contributed by atoms with Gasteiger partial charge in [-0.25, -0.2) is 4.99 Å². The molecule has 0 radical (unpaired) electrons. The topological polar surface area (TPSA) is 108 Å². The standard InChI is InChI=1S/C29H46N6O3.C2H6/c1-10-15-25(23-16-18-33-26(22(23)11-2)27(36)30-8)38-21(7)28(37)35(14-5)19-17-20(6)24(12-3)34-29(31-9)32-13-4;1-2/h12,15-16,18,20-21H,3,10-11,13-14,17,19H2,1-2,4-9H3,(H,30,36)(H,31,32);1-2H3/b25-15+,34-24+;.